The number of rotatable bonds is 8. The van der Waals surface area contributed by atoms with Crippen molar-refractivity contribution in [3.05, 3.63) is 65.9 Å². The lowest BCUT2D eigenvalue weighted by atomic mass is 10.1. The summed E-state index contributed by atoms with van der Waals surface area (Å²) in [4.78, 5) is 38.3. The van der Waals surface area contributed by atoms with Gasteiger partial charge in [0.1, 0.15) is 5.82 Å². The Labute approximate surface area is 206 Å². The van der Waals surface area contributed by atoms with E-state index in [0.29, 0.717) is 18.2 Å². The van der Waals surface area contributed by atoms with Crippen LogP contribution in [0.4, 0.5) is 28.8 Å². The third-order valence-corrected chi connectivity index (χ3v) is 6.18. The number of carbonyl (C=O) groups is 2. The lowest BCUT2D eigenvalue weighted by Gasteiger charge is -2.20. The largest absolute Gasteiger partial charge is 0.357 e. The molecule has 1 saturated heterocycles. The molecule has 8 heteroatoms. The van der Waals surface area contributed by atoms with Gasteiger partial charge >= 0.3 is 0 Å². The molecule has 0 aliphatic carbocycles. The zero-order valence-corrected chi connectivity index (χ0v) is 20.7. The Bertz CT molecular complexity index is 1190. The lowest BCUT2D eigenvalue weighted by Crippen LogP contribution is -2.28. The van der Waals surface area contributed by atoms with Gasteiger partial charge in [-0.15, -0.1) is 0 Å². The van der Waals surface area contributed by atoms with Gasteiger partial charge in [0.05, 0.1) is 5.92 Å². The van der Waals surface area contributed by atoms with E-state index in [2.05, 4.69) is 39.3 Å². The molecule has 0 saturated carbocycles. The molecule has 3 aromatic rings. The molecule has 0 bridgehead atoms. The van der Waals surface area contributed by atoms with Crippen LogP contribution in [0.2, 0.25) is 0 Å². The van der Waals surface area contributed by atoms with Crippen molar-refractivity contribution in [1.29, 1.82) is 0 Å². The van der Waals surface area contributed by atoms with Crippen LogP contribution < -0.4 is 20.4 Å². The maximum Gasteiger partial charge on any atom is 0.229 e. The summed E-state index contributed by atoms with van der Waals surface area (Å²) in [6.07, 6.45) is 0.207. The average Bonchev–Trinajstić information content (AvgIpc) is 3.23. The molecule has 1 fully saturated rings. The lowest BCUT2D eigenvalue weighted by molar-refractivity contribution is -0.122. The minimum atomic E-state index is -0.388. The average molecular weight is 473 g/mol. The van der Waals surface area contributed by atoms with Gasteiger partial charge in [0.25, 0.3) is 0 Å². The van der Waals surface area contributed by atoms with E-state index in [-0.39, 0.29) is 24.2 Å². The molecule has 1 aliphatic rings. The third-order valence-electron chi connectivity index (χ3n) is 6.18. The third kappa shape index (κ3) is 5.77. The number of aromatic nitrogens is 2. The van der Waals surface area contributed by atoms with Crippen molar-refractivity contribution in [3.63, 3.8) is 0 Å². The standard InChI is InChI=1S/C27H32N6O2/c1-5-32(6-2)24-15-19(4)28-27(31-24)30-22-11-9-21(10-12-22)29-26(35)20-16-25(34)33(17-20)23-13-7-18(3)8-14-23/h7-15,20H,5-6,16-17H2,1-4H3,(H,29,35)(H,28,30,31)/t20-/m0/s1. The van der Waals surface area contributed by atoms with E-state index in [4.69, 9.17) is 0 Å². The Balaban J connectivity index is 1.38. The van der Waals surface area contributed by atoms with Crippen molar-refractivity contribution in [2.75, 3.05) is 40.1 Å². The first-order valence-corrected chi connectivity index (χ1v) is 12.0. The Hall–Kier alpha value is -3.94. The molecular formula is C27H32N6O2. The molecule has 1 aliphatic heterocycles. The first-order valence-electron chi connectivity index (χ1n) is 12.0. The van der Waals surface area contributed by atoms with Crippen molar-refractivity contribution >= 4 is 40.6 Å². The Kier molecular flexibility index (Phi) is 7.29. The highest BCUT2D eigenvalue weighted by molar-refractivity contribution is 6.03. The SMILES string of the molecule is CCN(CC)c1cc(C)nc(Nc2ccc(NC(=O)[C@H]3CC(=O)N(c4ccc(C)cc4)C3)cc2)n1. The van der Waals surface area contributed by atoms with E-state index < -0.39 is 0 Å². The van der Waals surface area contributed by atoms with E-state index in [9.17, 15) is 9.59 Å². The zero-order chi connectivity index (χ0) is 24.9. The first kappa shape index (κ1) is 24.2. The van der Waals surface area contributed by atoms with Gasteiger partial charge in [0.2, 0.25) is 17.8 Å². The minimum absolute atomic E-state index is 0.0317. The minimum Gasteiger partial charge on any atom is -0.357 e. The van der Waals surface area contributed by atoms with Crippen LogP contribution in [0.3, 0.4) is 0 Å². The molecule has 35 heavy (non-hydrogen) atoms. The Morgan fingerprint density at radius 3 is 2.31 bits per heavy atom. The Morgan fingerprint density at radius 2 is 1.66 bits per heavy atom. The second-order valence-electron chi connectivity index (χ2n) is 8.80. The molecule has 0 radical (unpaired) electrons. The Morgan fingerprint density at radius 1 is 1.00 bits per heavy atom. The number of carbonyl (C=O) groups excluding carboxylic acids is 2. The second kappa shape index (κ2) is 10.5. The molecule has 0 unspecified atom stereocenters. The van der Waals surface area contributed by atoms with Crippen LogP contribution in [0.5, 0.6) is 0 Å². The number of anilines is 5. The normalized spacial score (nSPS) is 15.3. The fraction of sp³-hybridized carbons (Fsp3) is 0.333. The number of hydrogen-bond donors (Lipinski definition) is 2. The van der Waals surface area contributed by atoms with Gasteiger partial charge in [0, 0.05) is 54.9 Å². The fourth-order valence-electron chi connectivity index (χ4n) is 4.19. The zero-order valence-electron chi connectivity index (χ0n) is 20.7. The highest BCUT2D eigenvalue weighted by Gasteiger charge is 2.35. The van der Waals surface area contributed by atoms with Gasteiger partial charge in [0.15, 0.2) is 0 Å². The molecule has 2 heterocycles. The summed E-state index contributed by atoms with van der Waals surface area (Å²) in [5.41, 5.74) is 4.34. The number of nitrogens with one attached hydrogen (secondary N) is 2. The van der Waals surface area contributed by atoms with Crippen molar-refractivity contribution in [1.82, 2.24) is 9.97 Å². The molecule has 8 nitrogen and oxygen atoms in total. The maximum atomic E-state index is 12.8. The monoisotopic (exact) mass is 472 g/mol. The topological polar surface area (TPSA) is 90.5 Å². The van der Waals surface area contributed by atoms with Crippen LogP contribution in [-0.4, -0.2) is 41.4 Å². The fourth-order valence-corrected chi connectivity index (χ4v) is 4.19. The molecule has 1 atom stereocenters. The molecule has 2 amide bonds. The number of aryl methyl sites for hydroxylation is 2. The predicted octanol–water partition coefficient (Wildman–Crippen LogP) is 4.67. The summed E-state index contributed by atoms with van der Waals surface area (Å²) in [5, 5.41) is 6.19. The van der Waals surface area contributed by atoms with Gasteiger partial charge in [-0.05, 0) is 64.1 Å². The first-order chi connectivity index (χ1) is 16.9. The summed E-state index contributed by atoms with van der Waals surface area (Å²) in [7, 11) is 0. The van der Waals surface area contributed by atoms with Gasteiger partial charge < -0.3 is 20.4 Å². The molecule has 2 N–H and O–H groups in total. The van der Waals surface area contributed by atoms with Crippen molar-refractivity contribution < 1.29 is 9.59 Å². The molecular weight excluding hydrogens is 440 g/mol. The van der Waals surface area contributed by atoms with E-state index in [1.54, 1.807) is 4.90 Å². The van der Waals surface area contributed by atoms with Crippen LogP contribution in [-0.2, 0) is 9.59 Å². The number of nitrogens with zero attached hydrogens (tertiary/aromatic N) is 4. The van der Waals surface area contributed by atoms with E-state index in [1.165, 1.54) is 0 Å². The molecule has 4 rings (SSSR count). The highest BCUT2D eigenvalue weighted by atomic mass is 16.2. The van der Waals surface area contributed by atoms with Crippen molar-refractivity contribution in [3.8, 4) is 0 Å². The summed E-state index contributed by atoms with van der Waals surface area (Å²) in [5.74, 6) is 0.847. The second-order valence-corrected chi connectivity index (χ2v) is 8.80. The quantitative estimate of drug-likeness (QED) is 0.495. The van der Waals surface area contributed by atoms with E-state index in [0.717, 1.165) is 41.5 Å². The van der Waals surface area contributed by atoms with Gasteiger partial charge in [-0.1, -0.05) is 17.7 Å². The summed E-state index contributed by atoms with van der Waals surface area (Å²) in [6.45, 7) is 10.3. The van der Waals surface area contributed by atoms with Gasteiger partial charge in [-0.25, -0.2) is 4.98 Å². The van der Waals surface area contributed by atoms with E-state index >= 15 is 0 Å². The van der Waals surface area contributed by atoms with Crippen LogP contribution in [0.25, 0.3) is 0 Å². The predicted molar refractivity (Wildman–Crippen MR) is 140 cm³/mol. The number of amides is 2. The molecule has 182 valence electrons. The highest BCUT2D eigenvalue weighted by Crippen LogP contribution is 2.27. The maximum absolute atomic E-state index is 12.8. The van der Waals surface area contributed by atoms with E-state index in [1.807, 2.05) is 68.4 Å². The van der Waals surface area contributed by atoms with Crippen molar-refractivity contribution in [2.45, 2.75) is 34.1 Å². The van der Waals surface area contributed by atoms with Crippen LogP contribution in [0.1, 0.15) is 31.5 Å². The molecule has 0 spiro atoms. The van der Waals surface area contributed by atoms with Gasteiger partial charge in [-0.3, -0.25) is 9.59 Å². The summed E-state index contributed by atoms with van der Waals surface area (Å²) >= 11 is 0. The molecule has 1 aromatic heterocycles. The summed E-state index contributed by atoms with van der Waals surface area (Å²) in [6, 6.07) is 17.2. The summed E-state index contributed by atoms with van der Waals surface area (Å²) < 4.78 is 0. The van der Waals surface area contributed by atoms with Crippen LogP contribution in [0, 0.1) is 19.8 Å². The smallest absolute Gasteiger partial charge is 0.229 e. The van der Waals surface area contributed by atoms with Gasteiger partial charge in [-0.2, -0.15) is 4.98 Å². The number of hydrogen-bond acceptors (Lipinski definition) is 6. The van der Waals surface area contributed by atoms with Crippen molar-refractivity contribution in [2.24, 2.45) is 5.92 Å². The molecule has 2 aromatic carbocycles. The van der Waals surface area contributed by atoms with Crippen LogP contribution in [0.15, 0.2) is 54.6 Å². The van der Waals surface area contributed by atoms with Crippen LogP contribution >= 0.6 is 0 Å². The number of benzene rings is 2.